The van der Waals surface area contributed by atoms with Gasteiger partial charge in [0.25, 0.3) is 0 Å². The van der Waals surface area contributed by atoms with Crippen molar-refractivity contribution < 1.29 is 33.8 Å². The Bertz CT molecular complexity index is 1300. The van der Waals surface area contributed by atoms with Crippen LogP contribution in [0, 0.1) is 11.8 Å². The van der Waals surface area contributed by atoms with Crippen LogP contribution in [0.1, 0.15) is 95.1 Å². The number of allylic oxidation sites excluding steroid dienone is 1. The van der Waals surface area contributed by atoms with Crippen molar-refractivity contribution in [1.82, 2.24) is 15.1 Å². The number of hydrogen-bond acceptors (Lipinski definition) is 7. The smallest absolute Gasteiger partial charge is 0.313 e. The van der Waals surface area contributed by atoms with Crippen molar-refractivity contribution in [1.29, 1.82) is 0 Å². The number of likely N-dealkylation sites (tertiary alicyclic amines) is 1. The maximum atomic E-state index is 14.7. The molecule has 4 fully saturated rings. The molecule has 0 unspecified atom stereocenters. The lowest BCUT2D eigenvalue weighted by Crippen LogP contribution is -2.58. The van der Waals surface area contributed by atoms with Gasteiger partial charge >= 0.3 is 5.97 Å². The Labute approximate surface area is 284 Å². The van der Waals surface area contributed by atoms with Crippen LogP contribution in [0.4, 0.5) is 0 Å². The second-order valence-electron chi connectivity index (χ2n) is 13.8. The first-order valence-electron chi connectivity index (χ1n) is 18.0. The van der Waals surface area contributed by atoms with Gasteiger partial charge in [-0.15, -0.1) is 13.2 Å². The van der Waals surface area contributed by atoms with Crippen LogP contribution in [-0.2, 0) is 28.7 Å². The van der Waals surface area contributed by atoms with Gasteiger partial charge in [0, 0.05) is 32.2 Å². The van der Waals surface area contributed by atoms with E-state index in [1.165, 1.54) is 0 Å². The predicted molar refractivity (Wildman–Crippen MR) is 181 cm³/mol. The third-order valence-corrected chi connectivity index (χ3v) is 10.7. The van der Waals surface area contributed by atoms with E-state index in [9.17, 15) is 24.3 Å². The molecular formula is C38H53N3O7. The first kappa shape index (κ1) is 35.8. The molecule has 10 nitrogen and oxygen atoms in total. The zero-order valence-corrected chi connectivity index (χ0v) is 28.2. The highest BCUT2D eigenvalue weighted by Gasteiger charge is 2.75. The fraction of sp³-hybridized carbons (Fsp3) is 0.632. The Morgan fingerprint density at radius 3 is 2.52 bits per heavy atom. The van der Waals surface area contributed by atoms with Gasteiger partial charge in [-0.25, -0.2) is 0 Å². The molecule has 10 heteroatoms. The zero-order chi connectivity index (χ0) is 34.1. The number of carbonyl (C=O) groups excluding carboxylic acids is 4. The molecule has 1 aromatic rings. The van der Waals surface area contributed by atoms with Crippen LogP contribution in [0.3, 0.4) is 0 Å². The number of nitrogens with one attached hydrogen (secondary N) is 1. The van der Waals surface area contributed by atoms with E-state index >= 15 is 0 Å². The quantitative estimate of drug-likeness (QED) is 0.133. The summed E-state index contributed by atoms with van der Waals surface area (Å²) in [6, 6.07) is 8.51. The van der Waals surface area contributed by atoms with Crippen molar-refractivity contribution in [2.24, 2.45) is 11.8 Å². The van der Waals surface area contributed by atoms with Crippen LogP contribution >= 0.6 is 0 Å². The summed E-state index contributed by atoms with van der Waals surface area (Å²) < 4.78 is 12.9. The van der Waals surface area contributed by atoms with E-state index in [1.54, 1.807) is 17.1 Å². The van der Waals surface area contributed by atoms with Gasteiger partial charge < -0.3 is 29.7 Å². The molecular weight excluding hydrogens is 610 g/mol. The molecule has 0 aromatic heterocycles. The molecule has 5 rings (SSSR count). The predicted octanol–water partition coefficient (Wildman–Crippen LogP) is 4.63. The second-order valence-corrected chi connectivity index (χ2v) is 13.8. The average Bonchev–Trinajstić information content (AvgIpc) is 3.75. The van der Waals surface area contributed by atoms with Gasteiger partial charge in [-0.05, 0) is 50.5 Å². The molecule has 3 saturated heterocycles. The highest BCUT2D eigenvalue weighted by Crippen LogP contribution is 2.59. The average molecular weight is 664 g/mol. The van der Waals surface area contributed by atoms with Crippen molar-refractivity contribution in [3.8, 4) is 0 Å². The molecule has 3 amide bonds. The monoisotopic (exact) mass is 663 g/mol. The minimum Gasteiger partial charge on any atom is -0.455 e. The number of ether oxygens (including phenoxy) is 2. The van der Waals surface area contributed by atoms with Crippen molar-refractivity contribution in [2.45, 2.75) is 113 Å². The first-order valence-corrected chi connectivity index (χ1v) is 18.0. The van der Waals surface area contributed by atoms with Crippen molar-refractivity contribution >= 4 is 23.7 Å². The number of fused-ring (bicyclic) bond motifs is 1. The van der Waals surface area contributed by atoms with Gasteiger partial charge in [0.15, 0.2) is 0 Å². The molecule has 1 aliphatic carbocycles. The second kappa shape index (κ2) is 16.7. The summed E-state index contributed by atoms with van der Waals surface area (Å²) in [7, 11) is 0. The van der Waals surface area contributed by atoms with Crippen LogP contribution < -0.4 is 5.32 Å². The Morgan fingerprint density at radius 1 is 1.06 bits per heavy atom. The van der Waals surface area contributed by atoms with Crippen molar-refractivity contribution in [3.63, 3.8) is 0 Å². The fourth-order valence-corrected chi connectivity index (χ4v) is 8.44. The number of hydrogen-bond donors (Lipinski definition) is 2. The molecule has 3 aliphatic heterocycles. The number of nitrogens with zero attached hydrogens (tertiary/aromatic N) is 2. The number of benzene rings is 1. The topological polar surface area (TPSA) is 125 Å². The van der Waals surface area contributed by atoms with Gasteiger partial charge in [-0.2, -0.15) is 0 Å². The van der Waals surface area contributed by atoms with Crippen LogP contribution in [0.5, 0.6) is 0 Å². The third kappa shape index (κ3) is 7.54. The van der Waals surface area contributed by atoms with Crippen LogP contribution in [0.2, 0.25) is 0 Å². The molecule has 1 aromatic carbocycles. The number of esters is 1. The van der Waals surface area contributed by atoms with Gasteiger partial charge in [0.05, 0.1) is 24.5 Å². The molecule has 1 saturated carbocycles. The fourth-order valence-electron chi connectivity index (χ4n) is 8.44. The minimum absolute atomic E-state index is 0.0777. The Morgan fingerprint density at radius 2 is 1.81 bits per heavy atom. The number of aliphatic hydroxyl groups is 1. The highest BCUT2D eigenvalue weighted by molar-refractivity contribution is 5.98. The number of carbonyl (C=O) groups is 4. The van der Waals surface area contributed by atoms with Crippen molar-refractivity contribution in [3.05, 3.63) is 61.2 Å². The summed E-state index contributed by atoms with van der Waals surface area (Å²) in [5.74, 6) is -2.74. The number of amides is 3. The molecule has 48 heavy (non-hydrogen) atoms. The van der Waals surface area contributed by atoms with Crippen LogP contribution in [0.15, 0.2) is 55.6 Å². The Kier molecular flexibility index (Phi) is 12.5. The lowest BCUT2D eigenvalue weighted by molar-refractivity contribution is -0.160. The zero-order valence-electron chi connectivity index (χ0n) is 28.2. The third-order valence-electron chi connectivity index (χ3n) is 10.7. The highest BCUT2D eigenvalue weighted by atomic mass is 16.6. The van der Waals surface area contributed by atoms with Gasteiger partial charge in [0.2, 0.25) is 17.7 Å². The number of rotatable bonds is 18. The maximum absolute atomic E-state index is 14.7. The molecule has 2 bridgehead atoms. The molecule has 3 heterocycles. The van der Waals surface area contributed by atoms with Crippen LogP contribution in [-0.4, -0.2) is 88.6 Å². The SMILES string of the molecule is C=CCCC(=O)NC[C@@H](OC(=O)[C@@H]1[C@@H]2CC[C@]3(O2)[C@H](C(=O)N(CC=C)C2CCCCC2)N(CCCCCCO)C(=O)[C@@H]13)c1ccccc1. The standard InChI is InChI=1S/C38H53N3O7/c1-3-5-20-31(43)39-26-30(27-16-10-8-11-17-27)47-37(46)32-29-21-22-38(48-29)33(32)35(44)41(24-14-6-7-15-25-42)34(38)36(45)40(23-4-2)28-18-12-9-13-19-28/h3-4,8,10-11,16-17,28-30,32-34,42H,1-2,5-7,9,12-15,18-26H2,(H,39,43)/t29-,30+,32+,33+,34-,38+/m0/s1. The van der Waals surface area contributed by atoms with E-state index < -0.39 is 41.7 Å². The number of aliphatic hydroxyl groups excluding tert-OH is 1. The van der Waals surface area contributed by atoms with Gasteiger partial charge in [-0.1, -0.05) is 74.6 Å². The van der Waals surface area contributed by atoms with Crippen molar-refractivity contribution in [2.75, 3.05) is 26.2 Å². The van der Waals surface area contributed by atoms with Gasteiger partial charge in [-0.3, -0.25) is 19.2 Å². The molecule has 4 aliphatic rings. The summed E-state index contributed by atoms with van der Waals surface area (Å²) in [5, 5.41) is 12.1. The molecule has 262 valence electrons. The normalized spacial score (nSPS) is 26.9. The summed E-state index contributed by atoms with van der Waals surface area (Å²) in [5.41, 5.74) is -0.375. The van der Waals surface area contributed by atoms with E-state index in [-0.39, 0.29) is 43.3 Å². The summed E-state index contributed by atoms with van der Waals surface area (Å²) in [4.78, 5) is 59.5. The number of unbranched alkanes of at least 4 members (excludes halogenated alkanes) is 3. The van der Waals surface area contributed by atoms with Gasteiger partial charge in [0.1, 0.15) is 17.7 Å². The van der Waals surface area contributed by atoms with Crippen LogP contribution in [0.25, 0.3) is 0 Å². The van der Waals surface area contributed by atoms with E-state index in [2.05, 4.69) is 18.5 Å². The van der Waals surface area contributed by atoms with E-state index in [4.69, 9.17) is 9.47 Å². The lowest BCUT2D eigenvalue weighted by atomic mass is 9.70. The summed E-state index contributed by atoms with van der Waals surface area (Å²) >= 11 is 0. The molecule has 2 N–H and O–H groups in total. The maximum Gasteiger partial charge on any atom is 0.313 e. The van der Waals surface area contributed by atoms with E-state index in [0.717, 1.165) is 50.5 Å². The Hall–Kier alpha value is -3.50. The molecule has 6 atom stereocenters. The largest absolute Gasteiger partial charge is 0.455 e. The van der Waals surface area contributed by atoms with E-state index in [0.29, 0.717) is 45.2 Å². The lowest BCUT2D eigenvalue weighted by Gasteiger charge is -2.40. The molecule has 0 radical (unpaired) electrons. The first-order chi connectivity index (χ1) is 23.4. The summed E-state index contributed by atoms with van der Waals surface area (Å²) in [6.45, 7) is 8.59. The Balaban J connectivity index is 1.41. The van der Waals surface area contributed by atoms with E-state index in [1.807, 2.05) is 35.2 Å². The molecule has 1 spiro atoms. The minimum atomic E-state index is -1.11. The summed E-state index contributed by atoms with van der Waals surface area (Å²) in [6.07, 6.45) is 12.2.